The van der Waals surface area contributed by atoms with Crippen LogP contribution in [0.15, 0.2) is 18.2 Å². The average molecular weight is 365 g/mol. The molecule has 0 unspecified atom stereocenters. The van der Waals surface area contributed by atoms with Crippen LogP contribution in [0.3, 0.4) is 0 Å². The standard InChI is InChI=1S/C16H19N3O7/c1-16(2,6-5-15(22)23)17-13(20)8-18-11-7-10(19(24)25)3-4-12(11)26-9-14(18)21/h3-4,7H,5-6,8-9H2,1-2H3,(H,17,20)(H,22,23). The minimum absolute atomic E-state index is 0.112. The number of hydrogen-bond donors (Lipinski definition) is 2. The van der Waals surface area contributed by atoms with Gasteiger partial charge in [-0.15, -0.1) is 0 Å². The van der Waals surface area contributed by atoms with E-state index < -0.39 is 28.2 Å². The lowest BCUT2D eigenvalue weighted by molar-refractivity contribution is -0.384. The van der Waals surface area contributed by atoms with Gasteiger partial charge < -0.3 is 15.2 Å². The maximum Gasteiger partial charge on any atom is 0.303 e. The zero-order valence-corrected chi connectivity index (χ0v) is 14.4. The maximum absolute atomic E-state index is 12.3. The molecule has 2 amide bonds. The van der Waals surface area contributed by atoms with Crippen molar-refractivity contribution < 1.29 is 29.2 Å². The van der Waals surface area contributed by atoms with Crippen LogP contribution >= 0.6 is 0 Å². The molecule has 1 aliphatic heterocycles. The number of nitrogens with zero attached hydrogens (tertiary/aromatic N) is 2. The predicted molar refractivity (Wildman–Crippen MR) is 90.0 cm³/mol. The SMILES string of the molecule is CC(C)(CCC(=O)O)NC(=O)CN1C(=O)COc2ccc([N+](=O)[O-])cc21. The largest absolute Gasteiger partial charge is 0.482 e. The van der Waals surface area contributed by atoms with Crippen LogP contribution in [-0.4, -0.2) is 46.5 Å². The Kier molecular flexibility index (Phi) is 5.44. The van der Waals surface area contributed by atoms with Gasteiger partial charge in [0.05, 0.1) is 10.6 Å². The monoisotopic (exact) mass is 365 g/mol. The molecular formula is C16H19N3O7. The Morgan fingerprint density at radius 2 is 2.12 bits per heavy atom. The van der Waals surface area contributed by atoms with Crippen molar-refractivity contribution in [3.63, 3.8) is 0 Å². The van der Waals surface area contributed by atoms with E-state index in [1.165, 1.54) is 18.2 Å². The summed E-state index contributed by atoms with van der Waals surface area (Å²) in [5.41, 5.74) is -0.862. The van der Waals surface area contributed by atoms with E-state index in [9.17, 15) is 24.5 Å². The van der Waals surface area contributed by atoms with Crippen molar-refractivity contribution in [1.82, 2.24) is 5.32 Å². The van der Waals surface area contributed by atoms with Crippen molar-refractivity contribution in [3.8, 4) is 5.75 Å². The van der Waals surface area contributed by atoms with E-state index >= 15 is 0 Å². The number of fused-ring (bicyclic) bond motifs is 1. The van der Waals surface area contributed by atoms with Gasteiger partial charge in [-0.25, -0.2) is 0 Å². The summed E-state index contributed by atoms with van der Waals surface area (Å²) in [7, 11) is 0. The first-order chi connectivity index (χ1) is 12.1. The van der Waals surface area contributed by atoms with Gasteiger partial charge in [-0.05, 0) is 26.3 Å². The molecule has 1 heterocycles. The Bertz CT molecular complexity index is 760. The van der Waals surface area contributed by atoms with Gasteiger partial charge in [0.1, 0.15) is 12.3 Å². The van der Waals surface area contributed by atoms with E-state index in [4.69, 9.17) is 9.84 Å². The highest BCUT2D eigenvalue weighted by atomic mass is 16.6. The van der Waals surface area contributed by atoms with E-state index in [-0.39, 0.29) is 43.1 Å². The van der Waals surface area contributed by atoms with Gasteiger partial charge >= 0.3 is 5.97 Å². The molecule has 2 rings (SSSR count). The minimum atomic E-state index is -0.975. The predicted octanol–water partition coefficient (Wildman–Crippen LogP) is 1.08. The average Bonchev–Trinajstić information content (AvgIpc) is 2.54. The molecule has 0 aromatic heterocycles. The molecule has 0 aliphatic carbocycles. The number of anilines is 1. The van der Waals surface area contributed by atoms with E-state index in [2.05, 4.69) is 5.32 Å². The van der Waals surface area contributed by atoms with Crippen molar-refractivity contribution in [1.29, 1.82) is 0 Å². The Morgan fingerprint density at radius 1 is 1.42 bits per heavy atom. The van der Waals surface area contributed by atoms with E-state index in [0.29, 0.717) is 0 Å². The fourth-order valence-electron chi connectivity index (χ4n) is 2.52. The number of aliphatic carboxylic acids is 1. The summed E-state index contributed by atoms with van der Waals surface area (Å²) in [6, 6.07) is 3.80. The van der Waals surface area contributed by atoms with Crippen LogP contribution < -0.4 is 15.0 Å². The molecule has 1 aliphatic rings. The zero-order chi connectivity index (χ0) is 19.5. The number of nitro groups is 1. The van der Waals surface area contributed by atoms with Crippen molar-refractivity contribution in [2.24, 2.45) is 0 Å². The molecule has 10 nitrogen and oxygen atoms in total. The third kappa shape index (κ3) is 4.68. The van der Waals surface area contributed by atoms with Gasteiger partial charge in [-0.2, -0.15) is 0 Å². The summed E-state index contributed by atoms with van der Waals surface area (Å²) < 4.78 is 5.24. The molecule has 2 N–H and O–H groups in total. The van der Waals surface area contributed by atoms with Gasteiger partial charge in [0.2, 0.25) is 5.91 Å². The second-order valence-electron chi connectivity index (χ2n) is 6.50. The molecule has 10 heteroatoms. The van der Waals surface area contributed by atoms with Crippen LogP contribution in [0.4, 0.5) is 11.4 Å². The van der Waals surface area contributed by atoms with E-state index in [1.54, 1.807) is 13.8 Å². The zero-order valence-electron chi connectivity index (χ0n) is 14.4. The van der Waals surface area contributed by atoms with Crippen molar-refractivity contribution in [2.75, 3.05) is 18.1 Å². The molecule has 0 spiro atoms. The minimum Gasteiger partial charge on any atom is -0.482 e. The normalized spacial score (nSPS) is 13.6. The lowest BCUT2D eigenvalue weighted by Crippen LogP contribution is -2.50. The molecule has 1 aromatic carbocycles. The van der Waals surface area contributed by atoms with Gasteiger partial charge in [-0.3, -0.25) is 29.4 Å². The Balaban J connectivity index is 2.15. The number of nitrogens with one attached hydrogen (secondary N) is 1. The Morgan fingerprint density at radius 3 is 2.73 bits per heavy atom. The molecule has 0 radical (unpaired) electrons. The fourth-order valence-corrected chi connectivity index (χ4v) is 2.52. The van der Waals surface area contributed by atoms with E-state index in [0.717, 1.165) is 4.90 Å². The second-order valence-corrected chi connectivity index (χ2v) is 6.50. The summed E-state index contributed by atoms with van der Waals surface area (Å²) in [5, 5.41) is 22.4. The second kappa shape index (κ2) is 7.38. The molecule has 0 bridgehead atoms. The summed E-state index contributed by atoms with van der Waals surface area (Å²) in [6.45, 7) is 2.72. The molecule has 0 saturated carbocycles. The lowest BCUT2D eigenvalue weighted by atomic mass is 9.98. The number of nitro benzene ring substituents is 1. The van der Waals surface area contributed by atoms with Gasteiger partial charge in [0, 0.05) is 24.1 Å². The van der Waals surface area contributed by atoms with Gasteiger partial charge in [-0.1, -0.05) is 0 Å². The summed E-state index contributed by atoms with van der Waals surface area (Å²) in [4.78, 5) is 46.6. The smallest absolute Gasteiger partial charge is 0.303 e. The fraction of sp³-hybridized carbons (Fsp3) is 0.438. The van der Waals surface area contributed by atoms with Crippen molar-refractivity contribution >= 4 is 29.2 Å². The van der Waals surface area contributed by atoms with Crippen LogP contribution in [0, 0.1) is 10.1 Å². The molecule has 26 heavy (non-hydrogen) atoms. The van der Waals surface area contributed by atoms with Crippen molar-refractivity contribution in [2.45, 2.75) is 32.2 Å². The molecule has 0 saturated heterocycles. The molecule has 1 aromatic rings. The lowest BCUT2D eigenvalue weighted by Gasteiger charge is -2.31. The van der Waals surface area contributed by atoms with Crippen LogP contribution in [0.1, 0.15) is 26.7 Å². The molecule has 140 valence electrons. The number of ether oxygens (including phenoxy) is 1. The number of carbonyl (C=O) groups is 3. The number of hydrogen-bond acceptors (Lipinski definition) is 6. The Hall–Kier alpha value is -3.17. The molecule has 0 fully saturated rings. The third-order valence-corrected chi connectivity index (χ3v) is 3.84. The van der Waals surface area contributed by atoms with Crippen LogP contribution in [-0.2, 0) is 14.4 Å². The number of carboxylic acid groups (broad SMARTS) is 1. The third-order valence-electron chi connectivity index (χ3n) is 3.84. The first-order valence-electron chi connectivity index (χ1n) is 7.83. The first-order valence-corrected chi connectivity index (χ1v) is 7.83. The molecular weight excluding hydrogens is 346 g/mol. The highest BCUT2D eigenvalue weighted by molar-refractivity contribution is 6.02. The van der Waals surface area contributed by atoms with Gasteiger partial charge in [0.25, 0.3) is 11.6 Å². The number of carbonyl (C=O) groups excluding carboxylic acids is 2. The first kappa shape index (κ1) is 19.2. The summed E-state index contributed by atoms with van der Waals surface area (Å²) >= 11 is 0. The van der Waals surface area contributed by atoms with Crippen molar-refractivity contribution in [3.05, 3.63) is 28.3 Å². The Labute approximate surface area is 148 Å². The molecule has 0 atom stereocenters. The summed E-state index contributed by atoms with van der Waals surface area (Å²) in [5.74, 6) is -1.71. The number of benzene rings is 1. The van der Waals surface area contributed by atoms with E-state index in [1.807, 2.05) is 0 Å². The highest BCUT2D eigenvalue weighted by Crippen LogP contribution is 2.35. The van der Waals surface area contributed by atoms with Crippen LogP contribution in [0.25, 0.3) is 0 Å². The van der Waals surface area contributed by atoms with Gasteiger partial charge in [0.15, 0.2) is 6.61 Å². The maximum atomic E-state index is 12.3. The number of rotatable bonds is 7. The number of carboxylic acids is 1. The number of amides is 2. The summed E-state index contributed by atoms with van der Waals surface area (Å²) in [6.07, 6.45) is 0.103. The number of non-ortho nitro benzene ring substituents is 1. The van der Waals surface area contributed by atoms with Crippen LogP contribution in [0.5, 0.6) is 5.75 Å². The topological polar surface area (TPSA) is 139 Å². The highest BCUT2D eigenvalue weighted by Gasteiger charge is 2.30. The quantitative estimate of drug-likeness (QED) is 0.544. The van der Waals surface area contributed by atoms with Crippen LogP contribution in [0.2, 0.25) is 0 Å².